The zero-order valence-corrected chi connectivity index (χ0v) is 12.6. The van der Waals surface area contributed by atoms with Gasteiger partial charge in [0.05, 0.1) is 0 Å². The molecule has 1 unspecified atom stereocenters. The van der Waals surface area contributed by atoms with Crippen molar-refractivity contribution in [3.8, 4) is 0 Å². The van der Waals surface area contributed by atoms with Crippen LogP contribution in [0.4, 0.5) is 5.69 Å². The number of nitrogens with two attached hydrogens (primary N) is 1. The number of hydrogen-bond acceptors (Lipinski definition) is 4. The van der Waals surface area contributed by atoms with E-state index in [0.29, 0.717) is 11.8 Å². The van der Waals surface area contributed by atoms with Gasteiger partial charge in [-0.2, -0.15) is 0 Å². The standard InChI is InChI=1S/C16H22N4O/c1-20-10-18-19-16(20)15(12-4-3-5-14(17)8-12)13-6-11(7-13)9-21-2/h3-5,8,10-11,13,15H,6-7,9,17H2,1-2H3. The van der Waals surface area contributed by atoms with Crippen LogP contribution in [0.1, 0.15) is 30.1 Å². The molecule has 2 N–H and O–H groups in total. The van der Waals surface area contributed by atoms with E-state index < -0.39 is 0 Å². The quantitative estimate of drug-likeness (QED) is 0.856. The van der Waals surface area contributed by atoms with Crippen LogP contribution in [-0.2, 0) is 11.8 Å². The third-order valence-corrected chi connectivity index (χ3v) is 4.44. The van der Waals surface area contributed by atoms with Gasteiger partial charge in [-0.1, -0.05) is 12.1 Å². The Kier molecular flexibility index (Phi) is 3.92. The summed E-state index contributed by atoms with van der Waals surface area (Å²) in [4.78, 5) is 0. The van der Waals surface area contributed by atoms with Crippen molar-refractivity contribution in [2.24, 2.45) is 18.9 Å². The highest BCUT2D eigenvalue weighted by molar-refractivity contribution is 5.43. The molecule has 5 nitrogen and oxygen atoms in total. The van der Waals surface area contributed by atoms with E-state index in [1.165, 1.54) is 18.4 Å². The van der Waals surface area contributed by atoms with Crippen LogP contribution in [0.25, 0.3) is 0 Å². The molecule has 0 bridgehead atoms. The summed E-state index contributed by atoms with van der Waals surface area (Å²) in [5, 5.41) is 8.38. The Morgan fingerprint density at radius 1 is 1.43 bits per heavy atom. The molecule has 1 aromatic heterocycles. The maximum atomic E-state index is 5.96. The van der Waals surface area contributed by atoms with E-state index in [0.717, 1.165) is 18.1 Å². The molecule has 1 aromatic carbocycles. The summed E-state index contributed by atoms with van der Waals surface area (Å²) < 4.78 is 7.27. The second kappa shape index (κ2) is 5.85. The highest BCUT2D eigenvalue weighted by Gasteiger charge is 2.38. The van der Waals surface area contributed by atoms with E-state index in [4.69, 9.17) is 10.5 Å². The maximum absolute atomic E-state index is 5.96. The molecule has 1 aliphatic carbocycles. The van der Waals surface area contributed by atoms with Crippen molar-refractivity contribution < 1.29 is 4.74 Å². The largest absolute Gasteiger partial charge is 0.399 e. The average molecular weight is 286 g/mol. The maximum Gasteiger partial charge on any atom is 0.140 e. The fraction of sp³-hybridized carbons (Fsp3) is 0.500. The second-order valence-electron chi connectivity index (χ2n) is 6.00. The van der Waals surface area contributed by atoms with Crippen molar-refractivity contribution >= 4 is 5.69 Å². The number of benzene rings is 1. The van der Waals surface area contributed by atoms with Gasteiger partial charge < -0.3 is 15.0 Å². The molecule has 0 saturated heterocycles. The second-order valence-corrected chi connectivity index (χ2v) is 6.00. The molecule has 0 amide bonds. The lowest BCUT2D eigenvalue weighted by atomic mass is 9.66. The predicted molar refractivity (Wildman–Crippen MR) is 81.8 cm³/mol. The Morgan fingerprint density at radius 3 is 2.86 bits per heavy atom. The lowest BCUT2D eigenvalue weighted by Gasteiger charge is -2.40. The molecule has 2 aromatic rings. The van der Waals surface area contributed by atoms with E-state index in [2.05, 4.69) is 22.3 Å². The molecule has 1 aliphatic rings. The SMILES string of the molecule is COCC1CC(C(c2cccc(N)c2)c2nncn2C)C1. The van der Waals surface area contributed by atoms with E-state index in [-0.39, 0.29) is 5.92 Å². The zero-order chi connectivity index (χ0) is 14.8. The van der Waals surface area contributed by atoms with Crippen LogP contribution in [0.15, 0.2) is 30.6 Å². The van der Waals surface area contributed by atoms with Crippen molar-refractivity contribution in [3.63, 3.8) is 0 Å². The van der Waals surface area contributed by atoms with E-state index in [1.54, 1.807) is 13.4 Å². The molecule has 0 spiro atoms. The van der Waals surface area contributed by atoms with Crippen LogP contribution in [0.2, 0.25) is 0 Å². The van der Waals surface area contributed by atoms with Crippen molar-refractivity contribution in [1.82, 2.24) is 14.8 Å². The first kappa shape index (κ1) is 14.1. The molecule has 21 heavy (non-hydrogen) atoms. The van der Waals surface area contributed by atoms with Gasteiger partial charge >= 0.3 is 0 Å². The fourth-order valence-corrected chi connectivity index (χ4v) is 3.39. The molecular weight excluding hydrogens is 264 g/mol. The third-order valence-electron chi connectivity index (χ3n) is 4.44. The summed E-state index contributed by atoms with van der Waals surface area (Å²) in [7, 11) is 3.77. The summed E-state index contributed by atoms with van der Waals surface area (Å²) >= 11 is 0. The van der Waals surface area contributed by atoms with E-state index in [1.807, 2.05) is 23.7 Å². The number of nitrogen functional groups attached to an aromatic ring is 1. The van der Waals surface area contributed by atoms with Crippen LogP contribution in [0, 0.1) is 11.8 Å². The number of nitrogens with zero attached hydrogens (tertiary/aromatic N) is 3. The summed E-state index contributed by atoms with van der Waals surface area (Å²) in [5.74, 6) is 2.52. The van der Waals surface area contributed by atoms with Gasteiger partial charge in [0.15, 0.2) is 0 Å². The number of methoxy groups -OCH3 is 1. The zero-order valence-electron chi connectivity index (χ0n) is 12.6. The first-order valence-corrected chi connectivity index (χ1v) is 7.37. The molecule has 0 aliphatic heterocycles. The Bertz CT molecular complexity index is 604. The fourth-order valence-electron chi connectivity index (χ4n) is 3.39. The van der Waals surface area contributed by atoms with Crippen molar-refractivity contribution in [1.29, 1.82) is 0 Å². The Morgan fingerprint density at radius 2 is 2.24 bits per heavy atom. The summed E-state index contributed by atoms with van der Waals surface area (Å²) in [6, 6.07) is 8.13. The third kappa shape index (κ3) is 2.78. The molecule has 3 rings (SSSR count). The monoisotopic (exact) mass is 286 g/mol. The van der Waals surface area contributed by atoms with Gasteiger partial charge in [0.1, 0.15) is 12.2 Å². The lowest BCUT2D eigenvalue weighted by Crippen LogP contribution is -2.33. The number of aromatic nitrogens is 3. The van der Waals surface area contributed by atoms with Crippen molar-refractivity contribution in [3.05, 3.63) is 42.0 Å². The molecule has 1 fully saturated rings. The first-order valence-electron chi connectivity index (χ1n) is 7.37. The van der Waals surface area contributed by atoms with Crippen LogP contribution in [0.3, 0.4) is 0 Å². The molecule has 0 radical (unpaired) electrons. The molecule has 1 atom stereocenters. The van der Waals surface area contributed by atoms with Crippen molar-refractivity contribution in [2.75, 3.05) is 19.5 Å². The van der Waals surface area contributed by atoms with Crippen LogP contribution in [0.5, 0.6) is 0 Å². The number of rotatable bonds is 5. The van der Waals surface area contributed by atoms with Gasteiger partial charge in [0, 0.05) is 32.4 Å². The predicted octanol–water partition coefficient (Wildman–Crippen LogP) is 2.20. The minimum Gasteiger partial charge on any atom is -0.399 e. The average Bonchev–Trinajstić information content (AvgIpc) is 2.83. The minimum atomic E-state index is 0.258. The van der Waals surface area contributed by atoms with Gasteiger partial charge in [0.2, 0.25) is 0 Å². The highest BCUT2D eigenvalue weighted by Crippen LogP contribution is 2.46. The molecule has 1 heterocycles. The topological polar surface area (TPSA) is 66.0 Å². The summed E-state index contributed by atoms with van der Waals surface area (Å²) in [6.45, 7) is 0.846. The van der Waals surface area contributed by atoms with Gasteiger partial charge in [-0.05, 0) is 42.4 Å². The number of anilines is 1. The van der Waals surface area contributed by atoms with E-state index in [9.17, 15) is 0 Å². The first-order chi connectivity index (χ1) is 10.2. The van der Waals surface area contributed by atoms with Crippen molar-refractivity contribution in [2.45, 2.75) is 18.8 Å². The summed E-state index contributed by atoms with van der Waals surface area (Å²) in [5.41, 5.74) is 7.99. The smallest absolute Gasteiger partial charge is 0.140 e. The lowest BCUT2D eigenvalue weighted by molar-refractivity contribution is 0.0657. The molecule has 112 valence electrons. The number of ether oxygens (including phenoxy) is 1. The normalized spacial score (nSPS) is 22.8. The summed E-state index contributed by atoms with van der Waals surface area (Å²) in [6.07, 6.45) is 4.10. The Balaban J connectivity index is 1.88. The van der Waals surface area contributed by atoms with E-state index >= 15 is 0 Å². The number of aryl methyl sites for hydroxylation is 1. The minimum absolute atomic E-state index is 0.258. The van der Waals surface area contributed by atoms with Gasteiger partial charge in [-0.25, -0.2) is 0 Å². The van der Waals surface area contributed by atoms with Gasteiger partial charge in [0.25, 0.3) is 0 Å². The highest BCUT2D eigenvalue weighted by atomic mass is 16.5. The van der Waals surface area contributed by atoms with Crippen LogP contribution in [-0.4, -0.2) is 28.5 Å². The molecule has 5 heteroatoms. The van der Waals surface area contributed by atoms with Gasteiger partial charge in [-0.3, -0.25) is 0 Å². The van der Waals surface area contributed by atoms with Gasteiger partial charge in [-0.15, -0.1) is 10.2 Å². The Hall–Kier alpha value is -1.88. The molecule has 1 saturated carbocycles. The van der Waals surface area contributed by atoms with Crippen LogP contribution < -0.4 is 5.73 Å². The molecular formula is C16H22N4O. The number of hydrogen-bond donors (Lipinski definition) is 1. The van der Waals surface area contributed by atoms with Crippen LogP contribution >= 0.6 is 0 Å². The Labute approximate surface area is 125 Å².